The summed E-state index contributed by atoms with van der Waals surface area (Å²) in [5, 5.41) is 68.2. The van der Waals surface area contributed by atoms with Crippen LogP contribution in [0.25, 0.3) is 76.1 Å². The molecule has 12 atom stereocenters. The first kappa shape index (κ1) is 94.2. The number of anilines is 13. The number of hydrogen-bond donors (Lipinski definition) is 11. The van der Waals surface area contributed by atoms with Gasteiger partial charge >= 0.3 is 6.09 Å². The Labute approximate surface area is 792 Å². The Hall–Kier alpha value is -17.0. The second-order valence-corrected chi connectivity index (χ2v) is 37.0. The molecule has 0 radical (unpaired) electrons. The Morgan fingerprint density at radius 1 is 0.457 bits per heavy atom. The molecule has 20 rings (SSSR count). The number of rotatable bonds is 17. The number of aromatic nitrogens is 5. The van der Waals surface area contributed by atoms with Crippen LogP contribution < -0.4 is 75.3 Å². The number of benzene rings is 7. The van der Waals surface area contributed by atoms with E-state index in [1.54, 1.807) is 91.3 Å². The van der Waals surface area contributed by atoms with Crippen molar-refractivity contribution in [2.45, 2.75) is 124 Å². The molecule has 34 nitrogen and oxygen atoms in total. The average Bonchev–Trinajstić information content (AvgIpc) is 1.50. The number of halogens is 1. The van der Waals surface area contributed by atoms with E-state index in [0.717, 1.165) is 95.1 Å². The van der Waals surface area contributed by atoms with Crippen molar-refractivity contribution in [1.82, 2.24) is 30.2 Å². The Morgan fingerprint density at radius 3 is 1.21 bits per heavy atom. The molecule has 3 aliphatic heterocycles. The number of hydrogen-bond acceptors (Lipinski definition) is 25. The van der Waals surface area contributed by atoms with E-state index in [9.17, 15) is 47.5 Å². The van der Waals surface area contributed by atoms with Crippen LogP contribution in [0.2, 0.25) is 0 Å². The Bertz CT molecular complexity index is 7320. The number of carbonyl (C=O) groups is 9. The lowest BCUT2D eigenvalue weighted by Crippen LogP contribution is -2.36. The van der Waals surface area contributed by atoms with E-state index in [4.69, 9.17) is 59.7 Å². The molecule has 8 aliphatic rings. The molecule has 5 saturated carbocycles. The lowest BCUT2D eigenvalue weighted by molar-refractivity contribution is -0.118. The molecule has 3 saturated heterocycles. The van der Waals surface area contributed by atoms with Gasteiger partial charge in [-0.05, 0) is 237 Å². The van der Waals surface area contributed by atoms with Crippen LogP contribution in [-0.4, -0.2) is 110 Å². The highest BCUT2D eigenvalue weighted by Gasteiger charge is 2.48. The molecule has 0 spiro atoms. The summed E-state index contributed by atoms with van der Waals surface area (Å²) in [6.45, 7) is 14.2. The fourth-order valence-electron chi connectivity index (χ4n) is 17.7. The number of ether oxygens (including phenoxy) is 1. The molecule has 698 valence electrons. The highest BCUT2D eigenvalue weighted by molar-refractivity contribution is 6.09. The molecule has 5 aromatic heterocycles. The number of cyclic esters (lactones) is 1. The average molecular weight is 1850 g/mol. The quantitative estimate of drug-likeness (QED) is 0.0377. The zero-order valence-corrected chi connectivity index (χ0v) is 76.7. The van der Waals surface area contributed by atoms with Gasteiger partial charge in [0.15, 0.2) is 5.82 Å². The van der Waals surface area contributed by atoms with Crippen molar-refractivity contribution in [3.63, 3.8) is 0 Å². The van der Waals surface area contributed by atoms with Crippen LogP contribution in [0.1, 0.15) is 114 Å². The summed E-state index contributed by atoms with van der Waals surface area (Å²) in [7, 11) is 1.60. The zero-order valence-electron chi connectivity index (χ0n) is 76.7. The van der Waals surface area contributed by atoms with E-state index in [2.05, 4.69) is 101 Å². The van der Waals surface area contributed by atoms with Gasteiger partial charge in [-0.3, -0.25) is 43.3 Å². The number of nitrogens with zero attached hydrogens (tertiary/aromatic N) is 13. The van der Waals surface area contributed by atoms with Crippen molar-refractivity contribution in [3.8, 4) is 52.6 Å². The molecule has 35 heteroatoms. The van der Waals surface area contributed by atoms with Crippen LogP contribution in [-0.2, 0) is 38.3 Å². The Balaban J connectivity index is 0.000000125. The van der Waals surface area contributed by atoms with Gasteiger partial charge in [0.2, 0.25) is 41.4 Å². The number of pyridine rings is 5. The van der Waals surface area contributed by atoms with E-state index in [1.165, 1.54) is 11.1 Å². The van der Waals surface area contributed by atoms with Crippen molar-refractivity contribution >= 4 is 182 Å². The predicted molar refractivity (Wildman–Crippen MR) is 523 cm³/mol. The number of nitrogens with two attached hydrogens (primary N) is 5. The minimum Gasteiger partial charge on any atom is -0.441 e. The van der Waals surface area contributed by atoms with Gasteiger partial charge in [0.25, 0.3) is 5.91 Å². The van der Waals surface area contributed by atoms with E-state index < -0.39 is 17.5 Å². The van der Waals surface area contributed by atoms with Crippen LogP contribution in [0.3, 0.4) is 0 Å². The summed E-state index contributed by atoms with van der Waals surface area (Å²) < 4.78 is 20.2. The molecule has 12 aromatic rings. The molecule has 12 unspecified atom stereocenters. The third-order valence-electron chi connectivity index (χ3n) is 26.1. The van der Waals surface area contributed by atoms with Crippen molar-refractivity contribution in [2.24, 2.45) is 65.1 Å². The van der Waals surface area contributed by atoms with E-state index >= 15 is 0 Å². The number of nitriles is 5. The molecule has 8 heterocycles. The first-order chi connectivity index (χ1) is 66.0. The summed E-state index contributed by atoms with van der Waals surface area (Å²) in [5.41, 5.74) is 40.1. The minimum absolute atomic E-state index is 0.0304. The highest BCUT2D eigenvalue weighted by atomic mass is 19.1. The van der Waals surface area contributed by atoms with E-state index in [0.29, 0.717) is 137 Å². The lowest BCUT2D eigenvalue weighted by atomic mass is 9.95. The van der Waals surface area contributed by atoms with Crippen molar-refractivity contribution in [1.29, 1.82) is 26.3 Å². The number of nitrogens with one attached hydrogen (secondary N) is 6. The van der Waals surface area contributed by atoms with Gasteiger partial charge in [-0.15, -0.1) is 0 Å². The zero-order chi connectivity index (χ0) is 98.3. The second-order valence-electron chi connectivity index (χ2n) is 37.0. The van der Waals surface area contributed by atoms with E-state index in [1.807, 2.05) is 112 Å². The standard InChI is InChI=1S/C23H21N5O2.C21H17FN4O.C21H23N5O2.C19H19N5O3.C19H19N5O2/c1-12-3-4-13(22(29)26-2)6-17(12)14-5-15-9-21(27-11-19(15)20(25)8-14)28-23(30)18-7-16(18)10-24;1-11-4-2-3-5-14(11)16-6-12-8-18(25-10-17(12)20(24)19(16)22)26-21(27)15-7-13(15)9-23;1-11(2)18-3-4-20(27)26(18)14-5-12-7-19(24-10-16(12)17(23)8-14)25-21(28)15-6-13(15)9-22;1-19(2)9-24(18(26)27-19)12-3-10-5-16(22-8-14(10)15(21)6-12)23-17(25)13-4-11(13)7-20;1-10-2-3-18(25)24(10)13-4-11-6-17(22-9-15(11)16(21)7-13)23-19(26)14-5-12(14)8-20/h3-6,8-9,11,16,18H,7,25H2,1-2H3,(H,26,29)(H,27,28,30);2-6,8,10,13,15H,7,24H2,1H3,(H,25,26,27);5,7-8,10-11,13,15,18H,3-4,6,23H2,1-2H3,(H,24,25,28);3,5-6,8,11,13H,4,9,21H2,1-2H3,(H,22,23,25);4,6-7,9-10,12,14H,2-3,5,21H2,1H3,(H,22,23,26). The maximum atomic E-state index is 14.9. The Morgan fingerprint density at radius 2 is 0.826 bits per heavy atom. The lowest BCUT2D eigenvalue weighted by Gasteiger charge is -2.28. The molecule has 16 N–H and O–H groups in total. The summed E-state index contributed by atoms with van der Waals surface area (Å²) in [5.74, 6) is -1.42. The summed E-state index contributed by atoms with van der Waals surface area (Å²) >= 11 is 0. The van der Waals surface area contributed by atoms with Gasteiger partial charge < -0.3 is 75.1 Å². The predicted octanol–water partition coefficient (Wildman–Crippen LogP) is 15.4. The molecule has 0 bridgehead atoms. The SMILES string of the molecule is CC(C)C1CCC(=O)N1c1cc(N)c2cnc(NC(=O)C3CC3C#N)cc2c1.CC1(C)CN(c2cc(N)c3cnc(NC(=O)C4CC4C#N)cc3c2)C(=O)O1.CC1CCC(=O)N1c1cc(N)c2cnc(NC(=O)C3CC3C#N)cc2c1.CNC(=O)c1ccc(C)c(-c2cc(N)c3cnc(NC(=O)C4CC4C#N)cc3c2)c1.Cc1ccccc1-c1cc2cc(NC(=O)C3CC3C#N)ncc2c(N)c1F. The summed E-state index contributed by atoms with van der Waals surface area (Å²) in [4.78, 5) is 136. The van der Waals surface area contributed by atoms with Crippen LogP contribution in [0.15, 0.2) is 158 Å². The normalized spacial score (nSPS) is 21.3. The smallest absolute Gasteiger partial charge is 0.415 e. The molecule has 5 aliphatic carbocycles. The Kier molecular flexibility index (Phi) is 26.3. The largest absolute Gasteiger partial charge is 0.441 e. The molecule has 8 fully saturated rings. The molecule has 9 amide bonds. The van der Waals surface area contributed by atoms with E-state index in [-0.39, 0.29) is 124 Å². The number of nitrogen functional groups attached to an aromatic ring is 5. The monoisotopic (exact) mass is 1850 g/mol. The van der Waals surface area contributed by atoms with Gasteiger partial charge in [0, 0.05) is 141 Å². The van der Waals surface area contributed by atoms with Crippen LogP contribution in [0.4, 0.5) is 83.8 Å². The van der Waals surface area contributed by atoms with Crippen LogP contribution in [0.5, 0.6) is 0 Å². The summed E-state index contributed by atoms with van der Waals surface area (Å²) in [6, 6.07) is 49.0. The third-order valence-corrected chi connectivity index (χ3v) is 26.1. The van der Waals surface area contributed by atoms with Gasteiger partial charge in [-0.2, -0.15) is 26.3 Å². The third kappa shape index (κ3) is 20.3. The molecular weight excluding hydrogens is 1750 g/mol. The number of fused-ring (bicyclic) bond motifs is 5. The van der Waals surface area contributed by atoms with Crippen molar-refractivity contribution in [2.75, 3.05) is 83.5 Å². The number of carbonyl (C=O) groups excluding carboxylic acids is 9. The topological polar surface area (TPSA) is 558 Å². The maximum Gasteiger partial charge on any atom is 0.415 e. The fraction of sp³-hybridized carbons (Fsp3) is 0.311. The summed E-state index contributed by atoms with van der Waals surface area (Å²) in [6.07, 6.45) is 13.2. The first-order valence-corrected chi connectivity index (χ1v) is 45.2. The first-order valence-electron chi connectivity index (χ1n) is 45.2. The van der Waals surface area contributed by atoms with Crippen LogP contribution in [0, 0.1) is 141 Å². The van der Waals surface area contributed by atoms with Crippen LogP contribution >= 0.6 is 0 Å². The van der Waals surface area contributed by atoms with Gasteiger partial charge in [-0.25, -0.2) is 34.1 Å². The molecule has 7 aromatic carbocycles. The van der Waals surface area contributed by atoms with Gasteiger partial charge in [0.1, 0.15) is 34.7 Å². The minimum atomic E-state index is -0.570. The van der Waals surface area contributed by atoms with Crippen molar-refractivity contribution < 1.29 is 52.3 Å². The number of aryl methyl sites for hydroxylation is 2. The van der Waals surface area contributed by atoms with Crippen molar-refractivity contribution in [3.05, 3.63) is 181 Å². The number of amides is 9. The highest BCUT2D eigenvalue weighted by Crippen LogP contribution is 2.46. The second kappa shape index (κ2) is 38.5. The fourth-order valence-corrected chi connectivity index (χ4v) is 17.7. The molecule has 138 heavy (non-hydrogen) atoms. The maximum absolute atomic E-state index is 14.9. The van der Waals surface area contributed by atoms with Gasteiger partial charge in [0.05, 0.1) is 102 Å². The molecular formula is C103H99FN24O10. The van der Waals surface area contributed by atoms with Gasteiger partial charge in [-0.1, -0.05) is 44.2 Å².